The molecule has 2 rings (SSSR count). The van der Waals surface area contributed by atoms with Gasteiger partial charge in [-0.2, -0.15) is 0 Å². The molecular weight excluding hydrogens is 349 g/mol. The van der Waals surface area contributed by atoms with Crippen LogP contribution >= 0.6 is 0 Å². The van der Waals surface area contributed by atoms with Crippen LogP contribution in [0.4, 0.5) is 11.6 Å². The minimum absolute atomic E-state index is 0.00294. The fourth-order valence-corrected chi connectivity index (χ4v) is 2.91. The van der Waals surface area contributed by atoms with Crippen molar-refractivity contribution in [2.24, 2.45) is 10.7 Å². The van der Waals surface area contributed by atoms with Gasteiger partial charge in [0.25, 0.3) is 0 Å². The Labute approximate surface area is 130 Å². The average molecular weight is 365 g/mol. The van der Waals surface area contributed by atoms with E-state index in [0.29, 0.717) is 5.69 Å². The number of guanidine groups is 1. The molecule has 0 amide bonds. The summed E-state index contributed by atoms with van der Waals surface area (Å²) in [6.45, 7) is 3.67. The van der Waals surface area contributed by atoms with E-state index in [1.54, 1.807) is 0 Å². The first-order chi connectivity index (χ1) is 10.2. The monoisotopic (exact) mass is 365 g/mol. The van der Waals surface area contributed by atoms with E-state index in [2.05, 4.69) is 20.3 Å². The molecule has 5 N–H and O–H groups in total. The molecule has 0 radical (unpaired) electrons. The Hall–Kier alpha value is -2.15. The van der Waals surface area contributed by atoms with Crippen LogP contribution in [0.25, 0.3) is 0 Å². The van der Waals surface area contributed by atoms with Gasteiger partial charge in [-0.25, -0.2) is 0 Å². The molecule has 0 spiro atoms. The number of hydrogen-bond donors (Lipinski definition) is 4. The Bertz CT molecular complexity index is 735. The van der Waals surface area contributed by atoms with E-state index in [4.69, 9.17) is 13.9 Å². The van der Waals surface area contributed by atoms with E-state index < -0.39 is 14.2 Å². The molecule has 0 saturated heterocycles. The van der Waals surface area contributed by atoms with Gasteiger partial charge in [0.15, 0.2) is 0 Å². The quantitative estimate of drug-likeness (QED) is 0.334. The summed E-state index contributed by atoms with van der Waals surface area (Å²) in [5.74, 6) is 0.330. The van der Waals surface area contributed by atoms with Crippen molar-refractivity contribution in [1.82, 2.24) is 9.97 Å². The minimum atomic E-state index is -4.86. The summed E-state index contributed by atoms with van der Waals surface area (Å²) >= 11 is -4.86. The van der Waals surface area contributed by atoms with Crippen LogP contribution in [0.15, 0.2) is 35.3 Å². The first kappa shape index (κ1) is 16.2. The van der Waals surface area contributed by atoms with Crippen LogP contribution in [-0.4, -0.2) is 38.3 Å². The van der Waals surface area contributed by atoms with Crippen molar-refractivity contribution in [3.05, 3.63) is 41.7 Å². The number of rotatable bonds is 3. The van der Waals surface area contributed by atoms with Crippen molar-refractivity contribution in [2.75, 3.05) is 5.32 Å². The number of hydrogen-bond acceptors (Lipinski definition) is 4. The van der Waals surface area contributed by atoms with Crippen LogP contribution in [0.5, 0.6) is 0 Å². The zero-order valence-electron chi connectivity index (χ0n) is 12.1. The molecule has 1 heterocycles. The SMILES string of the molecule is Cc1cc(C)nc(/N=C(\N)Nc2ccc([As](=O)(O)O)cc2)n1. The van der Waals surface area contributed by atoms with Crippen molar-refractivity contribution in [3.63, 3.8) is 0 Å². The number of aryl methyl sites for hydroxylation is 2. The van der Waals surface area contributed by atoms with Crippen LogP contribution in [0.2, 0.25) is 0 Å². The Kier molecular flexibility index (Phi) is 4.65. The van der Waals surface area contributed by atoms with Crippen molar-refractivity contribution in [2.45, 2.75) is 13.8 Å². The predicted molar refractivity (Wildman–Crippen MR) is 83.4 cm³/mol. The molecule has 1 aromatic carbocycles. The molecule has 0 bridgehead atoms. The van der Waals surface area contributed by atoms with E-state index in [0.717, 1.165) is 11.4 Å². The molecular formula is C13H16AsN5O3. The van der Waals surface area contributed by atoms with Crippen molar-refractivity contribution < 1.29 is 11.9 Å². The summed E-state index contributed by atoms with van der Waals surface area (Å²) in [6, 6.07) is 7.55. The van der Waals surface area contributed by atoms with Gasteiger partial charge in [0.05, 0.1) is 0 Å². The van der Waals surface area contributed by atoms with E-state index in [1.165, 1.54) is 24.3 Å². The summed E-state index contributed by atoms with van der Waals surface area (Å²) in [5.41, 5.74) is 7.89. The second-order valence-electron chi connectivity index (χ2n) is 4.66. The van der Waals surface area contributed by atoms with Gasteiger partial charge in [-0.15, -0.1) is 0 Å². The third-order valence-corrected chi connectivity index (χ3v) is 4.70. The number of nitrogens with two attached hydrogens (primary N) is 1. The predicted octanol–water partition coefficient (Wildman–Crippen LogP) is -0.287. The van der Waals surface area contributed by atoms with E-state index >= 15 is 0 Å². The third-order valence-electron chi connectivity index (χ3n) is 2.67. The summed E-state index contributed by atoms with van der Waals surface area (Å²) < 4.78 is 29.3. The third kappa shape index (κ3) is 4.42. The van der Waals surface area contributed by atoms with Crippen molar-refractivity contribution in [1.29, 1.82) is 0 Å². The molecule has 0 unspecified atom stereocenters. The number of nitrogens with zero attached hydrogens (tertiary/aromatic N) is 3. The molecule has 1 aromatic heterocycles. The van der Waals surface area contributed by atoms with Crippen molar-refractivity contribution >= 4 is 36.1 Å². The Morgan fingerprint density at radius 1 is 1.18 bits per heavy atom. The molecule has 9 heteroatoms. The maximum atomic E-state index is 11.1. The molecule has 0 saturated carbocycles. The Balaban J connectivity index is 2.16. The molecule has 0 aliphatic rings. The van der Waals surface area contributed by atoms with Crippen LogP contribution in [0.3, 0.4) is 0 Å². The molecule has 116 valence electrons. The molecule has 22 heavy (non-hydrogen) atoms. The normalized spacial score (nSPS) is 12.3. The molecule has 2 aromatic rings. The average Bonchev–Trinajstić information content (AvgIpc) is 2.36. The van der Waals surface area contributed by atoms with Crippen molar-refractivity contribution in [3.8, 4) is 0 Å². The fraction of sp³-hybridized carbons (Fsp3) is 0.154. The van der Waals surface area contributed by atoms with E-state index in [9.17, 15) is 3.74 Å². The maximum absolute atomic E-state index is 11.1. The Morgan fingerprint density at radius 2 is 1.73 bits per heavy atom. The van der Waals surface area contributed by atoms with Gasteiger partial charge >= 0.3 is 130 Å². The van der Waals surface area contributed by atoms with Gasteiger partial charge in [-0.3, -0.25) is 0 Å². The summed E-state index contributed by atoms with van der Waals surface area (Å²) in [6.07, 6.45) is 0. The zero-order chi connectivity index (χ0) is 16.3. The number of aromatic nitrogens is 2. The van der Waals surface area contributed by atoms with Gasteiger partial charge in [-0.1, -0.05) is 0 Å². The second-order valence-corrected chi connectivity index (χ2v) is 8.03. The number of aliphatic imine (C=N–C) groups is 1. The fourth-order valence-electron chi connectivity index (χ4n) is 1.78. The first-order valence-electron chi connectivity index (χ1n) is 6.34. The van der Waals surface area contributed by atoms with Gasteiger partial charge in [0, 0.05) is 0 Å². The van der Waals surface area contributed by atoms with Gasteiger partial charge in [0.2, 0.25) is 0 Å². The van der Waals surface area contributed by atoms with E-state index in [1.807, 2.05) is 19.9 Å². The molecule has 0 aliphatic heterocycles. The second kappa shape index (κ2) is 6.31. The first-order valence-corrected chi connectivity index (χ1v) is 9.72. The molecule has 0 atom stereocenters. The number of benzene rings is 1. The molecule has 0 fully saturated rings. The summed E-state index contributed by atoms with van der Waals surface area (Å²) in [4.78, 5) is 12.3. The molecule has 8 nitrogen and oxygen atoms in total. The van der Waals surface area contributed by atoms with Crippen LogP contribution in [-0.2, 0) is 3.74 Å². The number of anilines is 1. The summed E-state index contributed by atoms with van der Waals surface area (Å²) in [5, 5.41) is 2.81. The summed E-state index contributed by atoms with van der Waals surface area (Å²) in [7, 11) is 0. The van der Waals surface area contributed by atoms with Gasteiger partial charge in [0.1, 0.15) is 0 Å². The van der Waals surface area contributed by atoms with E-state index in [-0.39, 0.29) is 16.3 Å². The van der Waals surface area contributed by atoms with Crippen LogP contribution in [0.1, 0.15) is 11.4 Å². The van der Waals surface area contributed by atoms with Crippen LogP contribution in [0, 0.1) is 13.8 Å². The van der Waals surface area contributed by atoms with Crippen LogP contribution < -0.4 is 15.4 Å². The zero-order valence-corrected chi connectivity index (χ0v) is 13.9. The Morgan fingerprint density at radius 3 is 2.23 bits per heavy atom. The van der Waals surface area contributed by atoms with Gasteiger partial charge < -0.3 is 0 Å². The standard InChI is InChI=1S/C13H16AsN5O3/c1-8-7-9(2)17-13(16-8)19-12(15)18-11-5-3-10(4-6-11)14(20,21)22/h3-7H,1-2H3,(H2,20,21,22)(H3,15,16,17,18,19). The topological polar surface area (TPSA) is 134 Å². The molecule has 0 aliphatic carbocycles. The van der Waals surface area contributed by atoms with Gasteiger partial charge in [-0.05, 0) is 0 Å². The number of nitrogens with one attached hydrogen (secondary N) is 1.